The van der Waals surface area contributed by atoms with E-state index in [0.29, 0.717) is 5.39 Å². The first-order chi connectivity index (χ1) is 8.54. The van der Waals surface area contributed by atoms with Crippen molar-refractivity contribution >= 4 is 11.0 Å². The summed E-state index contributed by atoms with van der Waals surface area (Å²) in [4.78, 5) is 11.8. The minimum atomic E-state index is -0.672. The Balaban J connectivity index is 2.80. The Kier molecular flexibility index (Phi) is 3.14. The monoisotopic (exact) mass is 250 g/mol. The van der Waals surface area contributed by atoms with Crippen LogP contribution < -0.4 is 15.1 Å². The molecule has 0 unspecified atom stereocenters. The van der Waals surface area contributed by atoms with Crippen LogP contribution in [0.5, 0.6) is 17.2 Å². The lowest BCUT2D eigenvalue weighted by molar-refractivity contribution is 0.220. The third-order valence-electron chi connectivity index (χ3n) is 2.38. The van der Waals surface area contributed by atoms with Crippen molar-refractivity contribution in [2.45, 2.75) is 20.0 Å². The zero-order chi connectivity index (χ0) is 13.3. The number of fused-ring (bicyclic) bond motifs is 1. The van der Waals surface area contributed by atoms with E-state index in [9.17, 15) is 9.90 Å². The van der Waals surface area contributed by atoms with Crippen LogP contribution in [0, 0.1) is 0 Å². The highest BCUT2D eigenvalue weighted by molar-refractivity contribution is 5.89. The molecule has 1 aromatic carbocycles. The Hall–Kier alpha value is -2.17. The molecule has 0 aliphatic rings. The Morgan fingerprint density at radius 1 is 1.28 bits per heavy atom. The molecule has 1 aromatic heterocycles. The second kappa shape index (κ2) is 4.60. The average molecular weight is 250 g/mol. The number of hydrogen-bond acceptors (Lipinski definition) is 5. The van der Waals surface area contributed by atoms with Crippen LogP contribution in [0.2, 0.25) is 0 Å². The van der Waals surface area contributed by atoms with Gasteiger partial charge in [-0.3, -0.25) is 0 Å². The third-order valence-corrected chi connectivity index (χ3v) is 2.38. The van der Waals surface area contributed by atoms with E-state index in [0.717, 1.165) is 0 Å². The zero-order valence-electron chi connectivity index (χ0n) is 10.4. The molecule has 0 atom stereocenters. The van der Waals surface area contributed by atoms with Crippen molar-refractivity contribution in [3.63, 3.8) is 0 Å². The number of ether oxygens (including phenoxy) is 2. The second-order valence-corrected chi connectivity index (χ2v) is 4.07. The van der Waals surface area contributed by atoms with Crippen LogP contribution in [0.3, 0.4) is 0 Å². The number of methoxy groups -OCH3 is 1. The topological polar surface area (TPSA) is 68.9 Å². The van der Waals surface area contributed by atoms with Crippen LogP contribution >= 0.6 is 0 Å². The number of hydrogen-bond donors (Lipinski definition) is 1. The molecule has 0 saturated carbocycles. The molecule has 0 radical (unpaired) electrons. The Morgan fingerprint density at radius 2 is 2.00 bits per heavy atom. The van der Waals surface area contributed by atoms with Crippen LogP contribution in [-0.2, 0) is 0 Å². The first-order valence-corrected chi connectivity index (χ1v) is 5.54. The average Bonchev–Trinajstić information content (AvgIpc) is 2.31. The van der Waals surface area contributed by atoms with Gasteiger partial charge in [-0.1, -0.05) is 6.07 Å². The van der Waals surface area contributed by atoms with Crippen molar-refractivity contribution < 1.29 is 19.0 Å². The first kappa shape index (κ1) is 12.3. The van der Waals surface area contributed by atoms with Crippen LogP contribution in [-0.4, -0.2) is 18.3 Å². The molecule has 2 aromatic rings. The molecular formula is C13H14O5. The van der Waals surface area contributed by atoms with Crippen molar-refractivity contribution in [3.8, 4) is 17.2 Å². The second-order valence-electron chi connectivity index (χ2n) is 4.07. The van der Waals surface area contributed by atoms with Gasteiger partial charge < -0.3 is 19.0 Å². The van der Waals surface area contributed by atoms with Gasteiger partial charge in [-0.15, -0.1) is 0 Å². The van der Waals surface area contributed by atoms with Crippen LogP contribution in [0.4, 0.5) is 0 Å². The van der Waals surface area contributed by atoms with Gasteiger partial charge in [0.05, 0.1) is 18.6 Å². The zero-order valence-corrected chi connectivity index (χ0v) is 10.4. The van der Waals surface area contributed by atoms with Crippen LogP contribution in [0.25, 0.3) is 11.0 Å². The van der Waals surface area contributed by atoms with Crippen molar-refractivity contribution in [2.24, 2.45) is 0 Å². The van der Waals surface area contributed by atoms with Gasteiger partial charge in [0.2, 0.25) is 5.75 Å². The molecule has 2 rings (SSSR count). The highest BCUT2D eigenvalue weighted by Crippen LogP contribution is 2.36. The number of para-hydroxylation sites is 1. The lowest BCUT2D eigenvalue weighted by Gasteiger charge is -2.13. The van der Waals surface area contributed by atoms with Gasteiger partial charge in [-0.2, -0.15) is 0 Å². The van der Waals surface area contributed by atoms with Gasteiger partial charge in [-0.25, -0.2) is 4.79 Å². The highest BCUT2D eigenvalue weighted by Gasteiger charge is 2.19. The molecule has 1 heterocycles. The fraction of sp³-hybridized carbons (Fsp3) is 0.308. The number of phenols is 1. The summed E-state index contributed by atoms with van der Waals surface area (Å²) in [5, 5.41) is 10.2. The number of rotatable bonds is 3. The molecule has 18 heavy (non-hydrogen) atoms. The Labute approximate surface area is 104 Å². The third kappa shape index (κ3) is 1.99. The maximum Gasteiger partial charge on any atom is 0.383 e. The molecule has 5 nitrogen and oxygen atoms in total. The van der Waals surface area contributed by atoms with E-state index < -0.39 is 5.63 Å². The highest BCUT2D eigenvalue weighted by atomic mass is 16.5. The predicted molar refractivity (Wildman–Crippen MR) is 66.5 cm³/mol. The molecule has 0 aliphatic heterocycles. The summed E-state index contributed by atoms with van der Waals surface area (Å²) >= 11 is 0. The predicted octanol–water partition coefficient (Wildman–Crippen LogP) is 2.29. The number of aromatic hydroxyl groups is 1. The van der Waals surface area contributed by atoms with Crippen molar-refractivity contribution in [1.82, 2.24) is 0 Å². The van der Waals surface area contributed by atoms with Gasteiger partial charge in [-0.05, 0) is 26.0 Å². The lowest BCUT2D eigenvalue weighted by Crippen LogP contribution is -2.14. The molecule has 0 saturated heterocycles. The fourth-order valence-corrected chi connectivity index (χ4v) is 1.70. The van der Waals surface area contributed by atoms with Gasteiger partial charge in [0.25, 0.3) is 0 Å². The molecule has 1 N–H and O–H groups in total. The molecule has 96 valence electrons. The smallest absolute Gasteiger partial charge is 0.383 e. The minimum Gasteiger partial charge on any atom is -0.504 e. The van der Waals surface area contributed by atoms with E-state index >= 15 is 0 Å². The van der Waals surface area contributed by atoms with Crippen LogP contribution in [0.15, 0.2) is 27.4 Å². The van der Waals surface area contributed by atoms with E-state index in [4.69, 9.17) is 13.9 Å². The Bertz CT molecular complexity index is 627. The summed E-state index contributed by atoms with van der Waals surface area (Å²) in [5.74, 6) is 0.176. The summed E-state index contributed by atoms with van der Waals surface area (Å²) in [5.41, 5.74) is -0.579. The molecule has 0 aliphatic carbocycles. The molecule has 0 bridgehead atoms. The molecule has 0 amide bonds. The van der Waals surface area contributed by atoms with Crippen LogP contribution in [0.1, 0.15) is 13.8 Å². The van der Waals surface area contributed by atoms with E-state index in [-0.39, 0.29) is 28.9 Å². The van der Waals surface area contributed by atoms with E-state index in [1.165, 1.54) is 13.2 Å². The summed E-state index contributed by atoms with van der Waals surface area (Å²) in [6.45, 7) is 3.59. The van der Waals surface area contributed by atoms with Gasteiger partial charge in [0.1, 0.15) is 0 Å². The molecule has 0 fully saturated rings. The summed E-state index contributed by atoms with van der Waals surface area (Å²) in [7, 11) is 1.44. The summed E-state index contributed by atoms with van der Waals surface area (Å²) in [6, 6.07) is 4.76. The molecule has 5 heteroatoms. The van der Waals surface area contributed by atoms with Crippen molar-refractivity contribution in [2.75, 3.05) is 7.11 Å². The summed E-state index contributed by atoms with van der Waals surface area (Å²) in [6.07, 6.45) is -0.184. The maximum atomic E-state index is 11.8. The van der Waals surface area contributed by atoms with Gasteiger partial charge in [0.15, 0.2) is 17.1 Å². The normalized spacial score (nSPS) is 10.9. The van der Waals surface area contributed by atoms with Gasteiger partial charge >= 0.3 is 5.63 Å². The Morgan fingerprint density at radius 3 is 2.61 bits per heavy atom. The van der Waals surface area contributed by atoms with Crippen molar-refractivity contribution in [1.29, 1.82) is 0 Å². The lowest BCUT2D eigenvalue weighted by atomic mass is 10.2. The number of benzene rings is 1. The van der Waals surface area contributed by atoms with Crippen molar-refractivity contribution in [3.05, 3.63) is 28.6 Å². The first-order valence-electron chi connectivity index (χ1n) is 5.54. The van der Waals surface area contributed by atoms with Gasteiger partial charge in [0, 0.05) is 0 Å². The van der Waals surface area contributed by atoms with E-state index in [2.05, 4.69) is 0 Å². The largest absolute Gasteiger partial charge is 0.504 e. The number of phenolic OH excluding ortho intramolecular Hbond substituents is 1. The minimum absolute atomic E-state index is 0.0191. The SMILES string of the molecule is COc1c(OC(C)C)c(=O)oc2c(O)cccc12. The quantitative estimate of drug-likeness (QED) is 0.846. The van der Waals surface area contributed by atoms with E-state index in [1.807, 2.05) is 0 Å². The summed E-state index contributed by atoms with van der Waals surface area (Å²) < 4.78 is 15.7. The standard InChI is InChI=1S/C13H14O5/c1-7(2)17-12-11(16-3)8-5-4-6-9(14)10(8)18-13(12)15/h4-7,14H,1-3H3. The molecular weight excluding hydrogens is 236 g/mol. The molecule has 0 spiro atoms. The van der Waals surface area contributed by atoms with E-state index in [1.54, 1.807) is 26.0 Å². The fourth-order valence-electron chi connectivity index (χ4n) is 1.70. The maximum absolute atomic E-state index is 11.8.